The van der Waals surface area contributed by atoms with Gasteiger partial charge in [-0.1, -0.05) is 48.0 Å². The van der Waals surface area contributed by atoms with Crippen molar-refractivity contribution in [1.82, 2.24) is 9.97 Å². The van der Waals surface area contributed by atoms with E-state index in [4.69, 9.17) is 4.42 Å². The van der Waals surface area contributed by atoms with Gasteiger partial charge in [-0.3, -0.25) is 4.98 Å². The van der Waals surface area contributed by atoms with E-state index in [1.807, 2.05) is 19.2 Å². The first-order valence-corrected chi connectivity index (χ1v) is 10.4. The van der Waals surface area contributed by atoms with Crippen LogP contribution >= 0.6 is 0 Å². The lowest BCUT2D eigenvalue weighted by molar-refractivity contribution is 0.653. The van der Waals surface area contributed by atoms with Gasteiger partial charge in [0.25, 0.3) is 0 Å². The number of aromatic nitrogens is 2. The average Bonchev–Trinajstić information content (AvgIpc) is 3.16. The molecule has 3 aromatic heterocycles. The molecule has 0 fully saturated rings. The molecule has 31 heavy (non-hydrogen) atoms. The number of benzene rings is 3. The van der Waals surface area contributed by atoms with Crippen molar-refractivity contribution in [1.29, 1.82) is 0 Å². The molecule has 3 heterocycles. The molecule has 148 valence electrons. The Hall–Kier alpha value is -3.98. The van der Waals surface area contributed by atoms with Crippen LogP contribution < -0.4 is 0 Å². The second-order valence-corrected chi connectivity index (χ2v) is 8.08. The molecule has 0 radical (unpaired) electrons. The van der Waals surface area contributed by atoms with E-state index in [1.54, 1.807) is 0 Å². The maximum absolute atomic E-state index is 6.18. The van der Waals surface area contributed by atoms with Gasteiger partial charge in [0.05, 0.1) is 5.69 Å². The number of hydrogen-bond acceptors (Lipinski definition) is 3. The maximum Gasteiger partial charge on any atom is 0.227 e. The molecule has 6 rings (SSSR count). The van der Waals surface area contributed by atoms with Crippen LogP contribution in [0.3, 0.4) is 0 Å². The van der Waals surface area contributed by atoms with Gasteiger partial charge in [0, 0.05) is 28.2 Å². The number of fused-ring (bicyclic) bond motifs is 4. The Labute approximate surface area is 180 Å². The predicted octanol–water partition coefficient (Wildman–Crippen LogP) is 7.48. The Morgan fingerprint density at radius 2 is 1.58 bits per heavy atom. The molecular formula is C28H20N2O. The van der Waals surface area contributed by atoms with Gasteiger partial charge in [0.2, 0.25) is 5.71 Å². The first kappa shape index (κ1) is 17.8. The minimum Gasteiger partial charge on any atom is -0.437 e. The highest BCUT2D eigenvalue weighted by atomic mass is 16.3. The summed E-state index contributed by atoms with van der Waals surface area (Å²) in [7, 11) is 0. The van der Waals surface area contributed by atoms with Crippen LogP contribution in [0.15, 0.2) is 89.5 Å². The van der Waals surface area contributed by atoms with Crippen LogP contribution in [0.5, 0.6) is 0 Å². The van der Waals surface area contributed by atoms with Crippen LogP contribution in [0.25, 0.3) is 55.2 Å². The first-order chi connectivity index (χ1) is 15.2. The number of para-hydroxylation sites is 1. The van der Waals surface area contributed by atoms with E-state index >= 15 is 0 Å². The molecule has 0 saturated carbocycles. The van der Waals surface area contributed by atoms with Gasteiger partial charge >= 0.3 is 0 Å². The van der Waals surface area contributed by atoms with Crippen molar-refractivity contribution in [2.75, 3.05) is 0 Å². The Morgan fingerprint density at radius 1 is 0.710 bits per heavy atom. The number of furan rings is 1. The van der Waals surface area contributed by atoms with Crippen molar-refractivity contribution in [2.45, 2.75) is 13.8 Å². The monoisotopic (exact) mass is 400 g/mol. The van der Waals surface area contributed by atoms with E-state index in [2.05, 4.69) is 89.7 Å². The molecule has 0 spiro atoms. The zero-order chi connectivity index (χ0) is 20.9. The maximum atomic E-state index is 6.18. The lowest BCUT2D eigenvalue weighted by Gasteiger charge is -2.08. The van der Waals surface area contributed by atoms with E-state index in [0.717, 1.165) is 38.9 Å². The Kier molecular flexibility index (Phi) is 3.90. The molecule has 0 unspecified atom stereocenters. The minimum atomic E-state index is 0.670. The zero-order valence-corrected chi connectivity index (χ0v) is 17.4. The second kappa shape index (κ2) is 6.78. The SMILES string of the molecule is Cc1ccc2ccc(-c3ccnc(-c4cccc5c4oc4nc(C)ccc45)c3)cc2c1. The molecular weight excluding hydrogens is 380 g/mol. The fourth-order valence-electron chi connectivity index (χ4n) is 4.28. The first-order valence-electron chi connectivity index (χ1n) is 10.4. The Morgan fingerprint density at radius 3 is 2.52 bits per heavy atom. The average molecular weight is 400 g/mol. The van der Waals surface area contributed by atoms with Gasteiger partial charge in [-0.25, -0.2) is 4.98 Å². The Balaban J connectivity index is 1.52. The van der Waals surface area contributed by atoms with Gasteiger partial charge in [-0.05, 0) is 72.1 Å². The second-order valence-electron chi connectivity index (χ2n) is 8.08. The van der Waals surface area contributed by atoms with Gasteiger partial charge in [0.1, 0.15) is 5.58 Å². The molecule has 3 aromatic carbocycles. The normalized spacial score (nSPS) is 11.5. The standard InChI is InChI=1S/C28H20N2O/c1-17-6-8-19-9-10-20(15-22(19)14-17)21-12-13-29-26(16-21)25-5-3-4-23-24-11-7-18(2)30-28(24)31-27(23)25/h3-16H,1-2H3. The van der Waals surface area contributed by atoms with Crippen molar-refractivity contribution >= 4 is 32.8 Å². The summed E-state index contributed by atoms with van der Waals surface area (Å²) in [5, 5.41) is 4.59. The van der Waals surface area contributed by atoms with Gasteiger partial charge in [0.15, 0.2) is 0 Å². The van der Waals surface area contributed by atoms with E-state index in [1.165, 1.54) is 21.9 Å². The summed E-state index contributed by atoms with van der Waals surface area (Å²) in [6.45, 7) is 4.10. The molecule has 0 amide bonds. The number of pyridine rings is 2. The molecule has 3 heteroatoms. The van der Waals surface area contributed by atoms with Crippen molar-refractivity contribution in [2.24, 2.45) is 0 Å². The highest BCUT2D eigenvalue weighted by Gasteiger charge is 2.14. The molecule has 0 atom stereocenters. The largest absolute Gasteiger partial charge is 0.437 e. The van der Waals surface area contributed by atoms with E-state index < -0.39 is 0 Å². The van der Waals surface area contributed by atoms with E-state index in [-0.39, 0.29) is 0 Å². The number of rotatable bonds is 2. The van der Waals surface area contributed by atoms with Crippen LogP contribution in [-0.2, 0) is 0 Å². The van der Waals surface area contributed by atoms with Gasteiger partial charge < -0.3 is 4.42 Å². The Bertz CT molecular complexity index is 1610. The third-order valence-corrected chi connectivity index (χ3v) is 5.87. The molecule has 0 aliphatic heterocycles. The lowest BCUT2D eigenvalue weighted by Crippen LogP contribution is -1.86. The van der Waals surface area contributed by atoms with Crippen molar-refractivity contribution in [3.8, 4) is 22.4 Å². The third-order valence-electron chi connectivity index (χ3n) is 5.87. The molecule has 6 aromatic rings. The van der Waals surface area contributed by atoms with Crippen molar-refractivity contribution in [3.05, 3.63) is 96.3 Å². The summed E-state index contributed by atoms with van der Waals surface area (Å²) in [4.78, 5) is 9.23. The van der Waals surface area contributed by atoms with Gasteiger partial charge in [-0.2, -0.15) is 0 Å². The third kappa shape index (κ3) is 2.98. The van der Waals surface area contributed by atoms with Crippen LogP contribution in [0, 0.1) is 13.8 Å². The highest BCUT2D eigenvalue weighted by Crippen LogP contribution is 2.35. The molecule has 0 N–H and O–H groups in total. The predicted molar refractivity (Wildman–Crippen MR) is 127 cm³/mol. The lowest BCUT2D eigenvalue weighted by atomic mass is 9.99. The summed E-state index contributed by atoms with van der Waals surface area (Å²) in [5.74, 6) is 0. The molecule has 0 aliphatic rings. The summed E-state index contributed by atoms with van der Waals surface area (Å²) in [6.07, 6.45) is 1.87. The van der Waals surface area contributed by atoms with Crippen molar-refractivity contribution < 1.29 is 4.42 Å². The zero-order valence-electron chi connectivity index (χ0n) is 17.4. The minimum absolute atomic E-state index is 0.670. The quantitative estimate of drug-likeness (QED) is 0.302. The van der Waals surface area contributed by atoms with Crippen molar-refractivity contribution in [3.63, 3.8) is 0 Å². The fraction of sp³-hybridized carbons (Fsp3) is 0.0714. The van der Waals surface area contributed by atoms with E-state index in [9.17, 15) is 0 Å². The smallest absolute Gasteiger partial charge is 0.227 e. The topological polar surface area (TPSA) is 38.9 Å². The summed E-state index contributed by atoms with van der Waals surface area (Å²) in [6, 6.07) is 27.6. The fourth-order valence-corrected chi connectivity index (χ4v) is 4.28. The van der Waals surface area contributed by atoms with Crippen LogP contribution in [0.4, 0.5) is 0 Å². The molecule has 3 nitrogen and oxygen atoms in total. The number of aryl methyl sites for hydroxylation is 2. The van der Waals surface area contributed by atoms with E-state index in [0.29, 0.717) is 5.71 Å². The number of nitrogens with zero attached hydrogens (tertiary/aromatic N) is 2. The molecule has 0 aliphatic carbocycles. The summed E-state index contributed by atoms with van der Waals surface area (Å²) in [5.41, 5.74) is 7.89. The summed E-state index contributed by atoms with van der Waals surface area (Å²) < 4.78 is 6.18. The summed E-state index contributed by atoms with van der Waals surface area (Å²) >= 11 is 0. The number of hydrogen-bond donors (Lipinski definition) is 0. The van der Waals surface area contributed by atoms with Crippen LogP contribution in [-0.4, -0.2) is 9.97 Å². The highest BCUT2D eigenvalue weighted by molar-refractivity contribution is 6.08. The van der Waals surface area contributed by atoms with Crippen LogP contribution in [0.1, 0.15) is 11.3 Å². The van der Waals surface area contributed by atoms with Gasteiger partial charge in [-0.15, -0.1) is 0 Å². The van der Waals surface area contributed by atoms with Crippen LogP contribution in [0.2, 0.25) is 0 Å². The molecule has 0 saturated heterocycles. The molecule has 0 bridgehead atoms.